The van der Waals surface area contributed by atoms with Crippen LogP contribution in [0.1, 0.15) is 0 Å². The van der Waals surface area contributed by atoms with Crippen LogP contribution >= 0.6 is 23.2 Å². The number of anilines is 2. The van der Waals surface area contributed by atoms with Gasteiger partial charge in [-0.2, -0.15) is 10.2 Å². The molecule has 0 N–H and O–H groups in total. The van der Waals surface area contributed by atoms with E-state index in [4.69, 9.17) is 42.1 Å². The minimum absolute atomic E-state index is 0.0472. The van der Waals surface area contributed by atoms with Crippen LogP contribution in [0.2, 0.25) is 10.0 Å². The molecule has 0 unspecified atom stereocenters. The number of hydrogen-bond donors (Lipinski definition) is 0. The van der Waals surface area contributed by atoms with E-state index >= 15 is 0 Å². The highest BCUT2D eigenvalue weighted by Crippen LogP contribution is 2.27. The van der Waals surface area contributed by atoms with Gasteiger partial charge in [-0.1, -0.05) is 47.5 Å². The van der Waals surface area contributed by atoms with Crippen LogP contribution in [0.4, 0.5) is 11.4 Å². The molecule has 6 rings (SSSR count). The summed E-state index contributed by atoms with van der Waals surface area (Å²) < 4.78 is 24.9. The van der Waals surface area contributed by atoms with Crippen molar-refractivity contribution in [3.63, 3.8) is 0 Å². The first-order chi connectivity index (χ1) is 24.9. The van der Waals surface area contributed by atoms with Gasteiger partial charge >= 0.3 is 0 Å². The molecule has 4 heterocycles. The molecule has 2 aromatic carbocycles. The van der Waals surface area contributed by atoms with E-state index in [1.807, 2.05) is 58.3 Å². The largest absolute Gasteiger partial charge is 0.493 e. The van der Waals surface area contributed by atoms with Crippen molar-refractivity contribution < 1.29 is 18.9 Å². The molecule has 2 fully saturated rings. The highest BCUT2D eigenvalue weighted by molar-refractivity contribution is 6.33. The Morgan fingerprint density at radius 1 is 0.627 bits per heavy atom. The van der Waals surface area contributed by atoms with Crippen LogP contribution in [0, 0.1) is 0 Å². The van der Waals surface area contributed by atoms with E-state index in [1.54, 1.807) is 20.4 Å². The van der Waals surface area contributed by atoms with Gasteiger partial charge in [0.05, 0.1) is 37.3 Å². The quantitative estimate of drug-likeness (QED) is 0.189. The van der Waals surface area contributed by atoms with Gasteiger partial charge in [-0.25, -0.2) is 9.36 Å². The maximum atomic E-state index is 13.6. The summed E-state index contributed by atoms with van der Waals surface area (Å²) in [4.78, 5) is 35.5. The number of piperazine rings is 2. The van der Waals surface area contributed by atoms with E-state index in [-0.39, 0.29) is 16.7 Å². The highest BCUT2D eigenvalue weighted by Gasteiger charge is 2.25. The molecule has 0 saturated carbocycles. The fraction of sp³-hybridized carbons (Fsp3) is 0.429. The zero-order valence-corrected chi connectivity index (χ0v) is 30.3. The third kappa shape index (κ3) is 8.70. The Morgan fingerprint density at radius 3 is 1.63 bits per heavy atom. The molecule has 0 spiro atoms. The van der Waals surface area contributed by atoms with Gasteiger partial charge in [0.25, 0.3) is 11.1 Å². The number of benzene rings is 2. The molecule has 4 aromatic rings. The summed E-state index contributed by atoms with van der Waals surface area (Å²) in [6.45, 7) is 7.79. The van der Waals surface area contributed by atoms with Crippen LogP contribution in [0.15, 0.2) is 70.5 Å². The van der Waals surface area contributed by atoms with Crippen molar-refractivity contribution in [1.82, 2.24) is 29.4 Å². The molecule has 16 heteroatoms. The molecule has 2 saturated heterocycles. The summed E-state index contributed by atoms with van der Waals surface area (Å²) in [7, 11) is 3.24. The lowest BCUT2D eigenvalue weighted by Gasteiger charge is -2.36. The van der Waals surface area contributed by atoms with Crippen molar-refractivity contribution in [3.8, 4) is 23.0 Å². The van der Waals surface area contributed by atoms with Gasteiger partial charge in [-0.15, -0.1) is 0 Å². The molecule has 2 aromatic heterocycles. The monoisotopic (exact) mass is 740 g/mol. The highest BCUT2D eigenvalue weighted by atomic mass is 35.5. The second-order valence-corrected chi connectivity index (χ2v) is 12.9. The molecule has 0 aliphatic carbocycles. The van der Waals surface area contributed by atoms with Crippen molar-refractivity contribution in [1.29, 1.82) is 0 Å². The van der Waals surface area contributed by atoms with Crippen LogP contribution < -0.4 is 39.9 Å². The lowest BCUT2D eigenvalue weighted by molar-refractivity contribution is 0.196. The Labute approximate surface area is 306 Å². The zero-order chi connectivity index (χ0) is 35.7. The zero-order valence-electron chi connectivity index (χ0n) is 28.7. The average molecular weight is 742 g/mol. The maximum absolute atomic E-state index is 13.6. The van der Waals surface area contributed by atoms with Gasteiger partial charge in [0, 0.05) is 65.4 Å². The van der Waals surface area contributed by atoms with Crippen molar-refractivity contribution in [2.45, 2.75) is 6.67 Å². The van der Waals surface area contributed by atoms with Gasteiger partial charge in [0.2, 0.25) is 0 Å². The number of halogens is 2. The molecule has 51 heavy (non-hydrogen) atoms. The maximum Gasteiger partial charge on any atom is 0.293 e. The second kappa shape index (κ2) is 17.1. The lowest BCUT2D eigenvalue weighted by Crippen LogP contribution is -2.49. The Morgan fingerprint density at radius 2 is 1.10 bits per heavy atom. The molecular formula is C35H42Cl2N8O6. The molecule has 0 bridgehead atoms. The summed E-state index contributed by atoms with van der Waals surface area (Å²) in [5, 5.41) is 8.87. The Kier molecular flexibility index (Phi) is 12.2. The summed E-state index contributed by atoms with van der Waals surface area (Å²) in [5.74, 6) is 2.81. The molecule has 14 nitrogen and oxygen atoms in total. The topological polar surface area (TPSA) is 120 Å². The van der Waals surface area contributed by atoms with Crippen molar-refractivity contribution in [2.75, 3.05) is 103 Å². The number of ether oxygens (including phenoxy) is 4. The number of para-hydroxylation sites is 4. The smallest absolute Gasteiger partial charge is 0.293 e. The first kappa shape index (κ1) is 36.3. The first-order valence-electron chi connectivity index (χ1n) is 16.8. The Balaban J connectivity index is 1.02. The lowest BCUT2D eigenvalue weighted by atomic mass is 10.2. The number of nitrogens with zero attached hydrogens (tertiary/aromatic N) is 8. The van der Waals surface area contributed by atoms with Crippen LogP contribution in [0.25, 0.3) is 0 Å². The number of rotatable bonds is 14. The van der Waals surface area contributed by atoms with Crippen molar-refractivity contribution >= 4 is 34.6 Å². The predicted molar refractivity (Wildman–Crippen MR) is 197 cm³/mol. The number of aromatic nitrogens is 4. The van der Waals surface area contributed by atoms with E-state index in [0.29, 0.717) is 73.8 Å². The summed E-state index contributed by atoms with van der Waals surface area (Å²) in [6.07, 6.45) is 3.00. The Bertz CT molecular complexity index is 1890. The fourth-order valence-electron chi connectivity index (χ4n) is 6.20. The van der Waals surface area contributed by atoms with Crippen LogP contribution in [0.3, 0.4) is 0 Å². The average Bonchev–Trinajstić information content (AvgIpc) is 3.16. The fourth-order valence-corrected chi connectivity index (χ4v) is 6.71. The molecular weight excluding hydrogens is 699 g/mol. The van der Waals surface area contributed by atoms with Crippen LogP contribution in [-0.4, -0.2) is 122 Å². The van der Waals surface area contributed by atoms with Crippen molar-refractivity contribution in [3.05, 3.63) is 91.7 Å². The van der Waals surface area contributed by atoms with E-state index < -0.39 is 11.1 Å². The summed E-state index contributed by atoms with van der Waals surface area (Å²) in [5.41, 5.74) is -0.00391. The van der Waals surface area contributed by atoms with Gasteiger partial charge in [0.15, 0.2) is 23.0 Å². The normalized spacial score (nSPS) is 15.5. The summed E-state index contributed by atoms with van der Waals surface area (Å²) >= 11 is 13.1. The molecule has 2 aliphatic heterocycles. The SMILES string of the molecule is COc1ccccc1OCCN1CCN(c2cnn(Cn3ncc(Cl)c(N4CCN(CCOc5ccccc5OC)CC4)c3=O)c(=O)c2Cl)CC1. The predicted octanol–water partition coefficient (Wildman–Crippen LogP) is 3.03. The van der Waals surface area contributed by atoms with Gasteiger partial charge in [-0.3, -0.25) is 19.4 Å². The molecule has 272 valence electrons. The minimum atomic E-state index is -0.504. The third-order valence-electron chi connectivity index (χ3n) is 9.08. The van der Waals surface area contributed by atoms with E-state index in [2.05, 4.69) is 20.0 Å². The van der Waals surface area contributed by atoms with E-state index in [9.17, 15) is 9.59 Å². The Hall–Kier alpha value is -4.50. The molecule has 0 amide bonds. The van der Waals surface area contributed by atoms with Gasteiger partial charge in [-0.05, 0) is 24.3 Å². The van der Waals surface area contributed by atoms with Crippen molar-refractivity contribution in [2.24, 2.45) is 0 Å². The van der Waals surface area contributed by atoms with E-state index in [0.717, 1.165) is 44.0 Å². The van der Waals surface area contributed by atoms with Gasteiger partial charge < -0.3 is 28.7 Å². The second-order valence-electron chi connectivity index (χ2n) is 12.1. The molecule has 2 aliphatic rings. The third-order valence-corrected chi connectivity index (χ3v) is 9.71. The van der Waals surface area contributed by atoms with E-state index in [1.165, 1.54) is 10.9 Å². The number of methoxy groups -OCH3 is 2. The first-order valence-corrected chi connectivity index (χ1v) is 17.6. The standard InChI is InChI=1S/C35H42Cl2N8O6/c1-48-28-7-3-5-9-30(28)50-21-19-40-11-15-42(16-12-40)27-24-39-44(34(46)32(27)37)25-45-35(47)33(26(36)23-38-45)43-17-13-41(14-18-43)20-22-51-31-10-6-4-8-29(31)49-2/h3-10,23-24H,11-22,25H2,1-2H3. The molecule has 0 atom stereocenters. The summed E-state index contributed by atoms with van der Waals surface area (Å²) in [6, 6.07) is 15.1. The number of hydrogen-bond acceptors (Lipinski definition) is 12. The minimum Gasteiger partial charge on any atom is -0.493 e. The van der Waals surface area contributed by atoms with Crippen LogP contribution in [0.5, 0.6) is 23.0 Å². The van der Waals surface area contributed by atoms with Crippen LogP contribution in [-0.2, 0) is 6.67 Å². The molecule has 0 radical (unpaired) electrons. The van der Waals surface area contributed by atoms with Gasteiger partial charge in [0.1, 0.15) is 30.6 Å².